The van der Waals surface area contributed by atoms with Gasteiger partial charge in [-0.3, -0.25) is 4.79 Å². The van der Waals surface area contributed by atoms with Gasteiger partial charge in [-0.05, 0) is 49.0 Å². The summed E-state index contributed by atoms with van der Waals surface area (Å²) in [4.78, 5) is 23.9. The van der Waals surface area contributed by atoms with Gasteiger partial charge in [0.15, 0.2) is 0 Å². The molecule has 0 radical (unpaired) electrons. The molecule has 1 aliphatic heterocycles. The van der Waals surface area contributed by atoms with Gasteiger partial charge in [0.1, 0.15) is 5.54 Å². The van der Waals surface area contributed by atoms with Crippen molar-refractivity contribution in [2.75, 3.05) is 11.5 Å². The van der Waals surface area contributed by atoms with Crippen LogP contribution in [-0.2, 0) is 9.59 Å². The second kappa shape index (κ2) is 6.83. The molecule has 1 heterocycles. The van der Waals surface area contributed by atoms with E-state index in [1.165, 1.54) is 0 Å². The Morgan fingerprint density at radius 3 is 2.55 bits per heavy atom. The summed E-state index contributed by atoms with van der Waals surface area (Å²) in [5.74, 6) is 1.76. The average Bonchev–Trinajstić information content (AvgIpc) is 2.42. The van der Waals surface area contributed by atoms with Gasteiger partial charge in [-0.2, -0.15) is 11.8 Å². The second-order valence-corrected chi connectivity index (χ2v) is 7.46. The summed E-state index contributed by atoms with van der Waals surface area (Å²) in [5.41, 5.74) is -1.03. The monoisotopic (exact) mass is 299 g/mol. The van der Waals surface area contributed by atoms with Crippen LogP contribution in [0.2, 0.25) is 0 Å². The lowest BCUT2D eigenvalue weighted by Gasteiger charge is -2.40. The molecule has 1 saturated heterocycles. The molecule has 0 spiro atoms. The van der Waals surface area contributed by atoms with Gasteiger partial charge < -0.3 is 10.4 Å². The molecule has 2 atom stereocenters. The third-order valence-electron chi connectivity index (χ3n) is 4.86. The largest absolute Gasteiger partial charge is 0.479 e. The predicted octanol–water partition coefficient (Wildman–Crippen LogP) is 2.67. The normalized spacial score (nSPS) is 31.8. The van der Waals surface area contributed by atoms with E-state index in [-0.39, 0.29) is 11.8 Å². The van der Waals surface area contributed by atoms with Crippen LogP contribution in [0, 0.1) is 11.8 Å². The first-order chi connectivity index (χ1) is 9.54. The Hall–Kier alpha value is -0.710. The summed E-state index contributed by atoms with van der Waals surface area (Å²) in [6.45, 7) is 1.95. The van der Waals surface area contributed by atoms with Crippen LogP contribution in [0.25, 0.3) is 0 Å². The maximum atomic E-state index is 12.3. The highest BCUT2D eigenvalue weighted by Crippen LogP contribution is 2.34. The zero-order valence-electron chi connectivity index (χ0n) is 12.2. The van der Waals surface area contributed by atoms with Crippen molar-refractivity contribution in [1.82, 2.24) is 5.32 Å². The van der Waals surface area contributed by atoms with Crippen LogP contribution in [0.15, 0.2) is 0 Å². The lowest BCUT2D eigenvalue weighted by atomic mass is 9.73. The first-order valence-electron chi connectivity index (χ1n) is 7.67. The lowest BCUT2D eigenvalue weighted by Crippen LogP contribution is -2.60. The van der Waals surface area contributed by atoms with Crippen molar-refractivity contribution in [3.05, 3.63) is 0 Å². The van der Waals surface area contributed by atoms with Crippen LogP contribution < -0.4 is 5.32 Å². The van der Waals surface area contributed by atoms with Crippen LogP contribution in [-0.4, -0.2) is 34.0 Å². The molecular formula is C15H25NO3S. The van der Waals surface area contributed by atoms with Crippen molar-refractivity contribution in [1.29, 1.82) is 0 Å². The smallest absolute Gasteiger partial charge is 0.329 e. The van der Waals surface area contributed by atoms with Crippen molar-refractivity contribution in [3.63, 3.8) is 0 Å². The number of hydrogen-bond acceptors (Lipinski definition) is 3. The number of carbonyl (C=O) groups excluding carboxylic acids is 1. The van der Waals surface area contributed by atoms with Crippen LogP contribution in [0.4, 0.5) is 0 Å². The molecule has 2 aliphatic rings. The van der Waals surface area contributed by atoms with Crippen LogP contribution in [0.1, 0.15) is 51.9 Å². The Labute approximate surface area is 125 Å². The molecule has 0 aromatic carbocycles. The molecule has 2 unspecified atom stereocenters. The Morgan fingerprint density at radius 2 is 1.95 bits per heavy atom. The Morgan fingerprint density at radius 1 is 1.25 bits per heavy atom. The fraction of sp³-hybridized carbons (Fsp3) is 0.867. The minimum absolute atomic E-state index is 0.0135. The molecule has 2 fully saturated rings. The zero-order valence-corrected chi connectivity index (χ0v) is 13.0. The first-order valence-corrected chi connectivity index (χ1v) is 8.82. The van der Waals surface area contributed by atoms with Gasteiger partial charge in [0.25, 0.3) is 0 Å². The molecule has 2 N–H and O–H groups in total. The van der Waals surface area contributed by atoms with E-state index < -0.39 is 11.5 Å². The van der Waals surface area contributed by atoms with Crippen LogP contribution in [0.5, 0.6) is 0 Å². The minimum atomic E-state index is -1.03. The molecule has 114 valence electrons. The van der Waals surface area contributed by atoms with E-state index in [0.29, 0.717) is 18.8 Å². The number of hydrogen-bond donors (Lipinski definition) is 2. The maximum absolute atomic E-state index is 12.3. The van der Waals surface area contributed by atoms with Crippen molar-refractivity contribution in [2.24, 2.45) is 11.8 Å². The van der Waals surface area contributed by atoms with E-state index in [4.69, 9.17) is 0 Å². The highest BCUT2D eigenvalue weighted by Gasteiger charge is 2.46. The van der Waals surface area contributed by atoms with Gasteiger partial charge >= 0.3 is 5.97 Å². The number of carbonyl (C=O) groups is 2. The Balaban J connectivity index is 1.96. The molecular weight excluding hydrogens is 274 g/mol. The Bertz CT molecular complexity index is 368. The molecule has 2 rings (SSSR count). The predicted molar refractivity (Wildman–Crippen MR) is 80.8 cm³/mol. The zero-order chi connectivity index (χ0) is 14.6. The van der Waals surface area contributed by atoms with Gasteiger partial charge in [0.2, 0.25) is 5.91 Å². The number of thioether (sulfide) groups is 1. The molecule has 1 amide bonds. The summed E-state index contributed by atoms with van der Waals surface area (Å²) in [5, 5.41) is 12.5. The van der Waals surface area contributed by atoms with Crippen molar-refractivity contribution in [2.45, 2.75) is 57.4 Å². The average molecular weight is 299 g/mol. The van der Waals surface area contributed by atoms with E-state index in [9.17, 15) is 14.7 Å². The summed E-state index contributed by atoms with van der Waals surface area (Å²) >= 11 is 1.94. The standard InChI is InChI=1S/C15H25NO3S/c1-11-4-2-3-7-15(11,14(18)19)16-13(17)10-12-5-8-20-9-6-12/h11-12H,2-10H2,1H3,(H,16,17)(H,18,19). The third kappa shape index (κ3) is 3.48. The molecule has 1 aliphatic carbocycles. The van der Waals surface area contributed by atoms with E-state index in [1.807, 2.05) is 18.7 Å². The molecule has 5 heteroatoms. The van der Waals surface area contributed by atoms with Crippen molar-refractivity contribution >= 4 is 23.6 Å². The topological polar surface area (TPSA) is 66.4 Å². The number of rotatable bonds is 4. The van der Waals surface area contributed by atoms with Crippen molar-refractivity contribution < 1.29 is 14.7 Å². The first kappa shape index (κ1) is 15.7. The van der Waals surface area contributed by atoms with E-state index in [1.54, 1.807) is 0 Å². The number of nitrogens with one attached hydrogen (secondary N) is 1. The molecule has 0 aromatic rings. The van der Waals surface area contributed by atoms with Gasteiger partial charge in [-0.25, -0.2) is 4.79 Å². The quantitative estimate of drug-likeness (QED) is 0.837. The summed E-state index contributed by atoms with van der Waals surface area (Å²) in [6.07, 6.45) is 6.04. The number of carboxylic acids is 1. The number of amides is 1. The van der Waals surface area contributed by atoms with Crippen molar-refractivity contribution in [3.8, 4) is 0 Å². The molecule has 1 saturated carbocycles. The Kier molecular flexibility index (Phi) is 5.35. The molecule has 0 bridgehead atoms. The second-order valence-electron chi connectivity index (χ2n) is 6.23. The van der Waals surface area contributed by atoms with Gasteiger partial charge in [-0.1, -0.05) is 19.8 Å². The fourth-order valence-corrected chi connectivity index (χ4v) is 4.62. The van der Waals surface area contributed by atoms with Crippen LogP contribution >= 0.6 is 11.8 Å². The van der Waals surface area contributed by atoms with E-state index in [0.717, 1.165) is 43.6 Å². The summed E-state index contributed by atoms with van der Waals surface area (Å²) in [6, 6.07) is 0. The number of aliphatic carboxylic acids is 1. The summed E-state index contributed by atoms with van der Waals surface area (Å²) in [7, 11) is 0. The van der Waals surface area contributed by atoms with Gasteiger partial charge in [0.05, 0.1) is 0 Å². The lowest BCUT2D eigenvalue weighted by molar-refractivity contribution is -0.152. The molecule has 4 nitrogen and oxygen atoms in total. The van der Waals surface area contributed by atoms with E-state index in [2.05, 4.69) is 5.32 Å². The van der Waals surface area contributed by atoms with Gasteiger partial charge in [-0.15, -0.1) is 0 Å². The highest BCUT2D eigenvalue weighted by atomic mass is 32.2. The van der Waals surface area contributed by atoms with E-state index >= 15 is 0 Å². The third-order valence-corrected chi connectivity index (χ3v) is 5.91. The van der Waals surface area contributed by atoms with Gasteiger partial charge in [0, 0.05) is 6.42 Å². The maximum Gasteiger partial charge on any atom is 0.329 e. The van der Waals surface area contributed by atoms with Crippen LogP contribution in [0.3, 0.4) is 0 Å². The molecule has 20 heavy (non-hydrogen) atoms. The highest BCUT2D eigenvalue weighted by molar-refractivity contribution is 7.99. The fourth-order valence-electron chi connectivity index (χ4n) is 3.42. The summed E-state index contributed by atoms with van der Waals surface area (Å²) < 4.78 is 0. The SMILES string of the molecule is CC1CCCCC1(NC(=O)CC1CCSCC1)C(=O)O. The molecule has 0 aromatic heterocycles. The number of carboxylic acid groups (broad SMARTS) is 1. The minimum Gasteiger partial charge on any atom is -0.479 e.